The van der Waals surface area contributed by atoms with Gasteiger partial charge in [0.15, 0.2) is 0 Å². The predicted octanol–water partition coefficient (Wildman–Crippen LogP) is 6.12. The molecule has 0 spiro atoms. The molecule has 2 fully saturated rings. The normalized spacial score (nSPS) is 22.1. The Morgan fingerprint density at radius 1 is 1.26 bits per heavy atom. The number of thioether (sulfide) groups is 1. The van der Waals surface area contributed by atoms with Crippen LogP contribution in [0.15, 0.2) is 30.5 Å². The van der Waals surface area contributed by atoms with E-state index in [0.717, 1.165) is 48.6 Å². The molecule has 0 bridgehead atoms. The van der Waals surface area contributed by atoms with Gasteiger partial charge in [-0.3, -0.25) is 9.78 Å². The number of aliphatic carboxylic acids is 1. The minimum Gasteiger partial charge on any atom is -0.497 e. The van der Waals surface area contributed by atoms with Crippen LogP contribution in [-0.4, -0.2) is 58.7 Å². The Bertz CT molecular complexity index is 955. The van der Waals surface area contributed by atoms with Crippen molar-refractivity contribution in [3.05, 3.63) is 36.0 Å². The number of carbonyl (C=O) groups is 1. The zero-order valence-electron chi connectivity index (χ0n) is 20.1. The van der Waals surface area contributed by atoms with Crippen LogP contribution in [0.4, 0.5) is 4.39 Å². The molecule has 1 aromatic heterocycles. The van der Waals surface area contributed by atoms with Gasteiger partial charge in [-0.05, 0) is 105 Å². The van der Waals surface area contributed by atoms with Gasteiger partial charge in [-0.2, -0.15) is 11.8 Å². The molecule has 0 radical (unpaired) electrons. The summed E-state index contributed by atoms with van der Waals surface area (Å²) in [7, 11) is 1.61. The lowest BCUT2D eigenvalue weighted by Gasteiger charge is -2.39. The Morgan fingerprint density at radius 2 is 2.12 bits per heavy atom. The van der Waals surface area contributed by atoms with Crippen molar-refractivity contribution in [2.24, 2.45) is 11.8 Å². The van der Waals surface area contributed by atoms with Crippen LogP contribution in [0.2, 0.25) is 0 Å². The van der Waals surface area contributed by atoms with E-state index in [0.29, 0.717) is 36.0 Å². The average molecular weight is 489 g/mol. The van der Waals surface area contributed by atoms with Crippen LogP contribution in [0.5, 0.6) is 5.75 Å². The number of halogens is 1. The van der Waals surface area contributed by atoms with E-state index in [-0.39, 0.29) is 6.42 Å². The highest BCUT2D eigenvalue weighted by atomic mass is 32.2. The number of methoxy groups -OCH3 is 1. The lowest BCUT2D eigenvalue weighted by molar-refractivity contribution is -0.137. The van der Waals surface area contributed by atoms with Crippen molar-refractivity contribution < 1.29 is 19.0 Å². The lowest BCUT2D eigenvalue weighted by Crippen LogP contribution is -2.41. The summed E-state index contributed by atoms with van der Waals surface area (Å²) in [5.74, 6) is 1.88. The second-order valence-electron chi connectivity index (χ2n) is 9.79. The Kier molecular flexibility index (Phi) is 9.06. The molecule has 0 amide bonds. The second kappa shape index (κ2) is 12.2. The molecule has 7 heteroatoms. The van der Waals surface area contributed by atoms with Gasteiger partial charge < -0.3 is 14.7 Å². The third-order valence-corrected chi connectivity index (χ3v) is 8.78. The Morgan fingerprint density at radius 3 is 2.88 bits per heavy atom. The van der Waals surface area contributed by atoms with Gasteiger partial charge in [0.25, 0.3) is 0 Å². The van der Waals surface area contributed by atoms with E-state index >= 15 is 4.39 Å². The number of nitrogens with zero attached hydrogens (tertiary/aromatic N) is 2. The fourth-order valence-corrected chi connectivity index (χ4v) is 6.31. The number of carboxylic acids is 1. The van der Waals surface area contributed by atoms with Crippen LogP contribution in [0.3, 0.4) is 0 Å². The molecule has 2 heterocycles. The maximum atomic E-state index is 15.5. The first-order chi connectivity index (χ1) is 16.5. The van der Waals surface area contributed by atoms with Gasteiger partial charge in [-0.1, -0.05) is 0 Å². The molecule has 1 saturated heterocycles. The van der Waals surface area contributed by atoms with Gasteiger partial charge in [0.1, 0.15) is 11.9 Å². The molecular weight excluding hydrogens is 451 g/mol. The van der Waals surface area contributed by atoms with Crippen LogP contribution in [0.25, 0.3) is 10.9 Å². The summed E-state index contributed by atoms with van der Waals surface area (Å²) < 4.78 is 20.8. The molecule has 1 saturated carbocycles. The minimum absolute atomic E-state index is 0.195. The molecule has 34 heavy (non-hydrogen) atoms. The first-order valence-corrected chi connectivity index (χ1v) is 13.7. The SMILES string of the molecule is COc1ccc2nccc([C@@H](F)CCC3CCN(CCCSC4CC4)CC3CCC(=O)O)c2c1. The first kappa shape index (κ1) is 25.2. The monoisotopic (exact) mass is 488 g/mol. The molecule has 1 aliphatic carbocycles. The summed E-state index contributed by atoms with van der Waals surface area (Å²) in [6, 6.07) is 7.35. The molecule has 2 aliphatic rings. The largest absolute Gasteiger partial charge is 0.497 e. The zero-order valence-corrected chi connectivity index (χ0v) is 20.9. The summed E-state index contributed by atoms with van der Waals surface area (Å²) in [6.45, 7) is 3.07. The number of hydrogen-bond donors (Lipinski definition) is 1. The molecular formula is C27H37FN2O3S. The summed E-state index contributed by atoms with van der Waals surface area (Å²) >= 11 is 2.10. The molecule has 1 aliphatic heterocycles. The maximum Gasteiger partial charge on any atom is 0.303 e. The van der Waals surface area contributed by atoms with Crippen LogP contribution in [-0.2, 0) is 4.79 Å². The van der Waals surface area contributed by atoms with Crippen LogP contribution in [0.1, 0.15) is 63.1 Å². The van der Waals surface area contributed by atoms with Gasteiger partial charge in [-0.25, -0.2) is 4.39 Å². The summed E-state index contributed by atoms with van der Waals surface area (Å²) in [6.07, 6.45) is 7.69. The van der Waals surface area contributed by atoms with Crippen LogP contribution >= 0.6 is 11.8 Å². The zero-order chi connectivity index (χ0) is 23.9. The highest BCUT2D eigenvalue weighted by molar-refractivity contribution is 8.00. The number of carboxylic acid groups (broad SMARTS) is 1. The van der Waals surface area contributed by atoms with E-state index in [9.17, 15) is 9.90 Å². The molecule has 1 N–H and O–H groups in total. The van der Waals surface area contributed by atoms with E-state index < -0.39 is 12.1 Å². The van der Waals surface area contributed by atoms with Gasteiger partial charge in [-0.15, -0.1) is 0 Å². The first-order valence-electron chi connectivity index (χ1n) is 12.7. The fourth-order valence-electron chi connectivity index (χ4n) is 5.21. The van der Waals surface area contributed by atoms with Crippen molar-refractivity contribution in [1.82, 2.24) is 9.88 Å². The van der Waals surface area contributed by atoms with Crippen molar-refractivity contribution >= 4 is 28.6 Å². The molecule has 1 aromatic carbocycles. The van der Waals surface area contributed by atoms with Crippen molar-refractivity contribution in [2.75, 3.05) is 32.5 Å². The number of aromatic nitrogens is 1. The van der Waals surface area contributed by atoms with E-state index in [1.165, 1.54) is 25.0 Å². The van der Waals surface area contributed by atoms with Gasteiger partial charge in [0.05, 0.1) is 12.6 Å². The highest BCUT2D eigenvalue weighted by Gasteiger charge is 2.30. The summed E-state index contributed by atoms with van der Waals surface area (Å²) in [5, 5.41) is 11.0. The fraction of sp³-hybridized carbons (Fsp3) is 0.630. The number of benzene rings is 1. The molecule has 4 rings (SSSR count). The van der Waals surface area contributed by atoms with Gasteiger partial charge >= 0.3 is 5.97 Å². The number of rotatable bonds is 13. The molecule has 5 nitrogen and oxygen atoms in total. The van der Waals surface area contributed by atoms with E-state index in [1.807, 2.05) is 18.2 Å². The van der Waals surface area contributed by atoms with E-state index in [4.69, 9.17) is 4.74 Å². The quantitative estimate of drug-likeness (QED) is 0.343. The minimum atomic E-state index is -1.07. The third-order valence-electron chi connectivity index (χ3n) is 7.31. The van der Waals surface area contributed by atoms with Crippen molar-refractivity contribution in [1.29, 1.82) is 0 Å². The molecule has 2 unspecified atom stereocenters. The molecule has 186 valence electrons. The topological polar surface area (TPSA) is 62.7 Å². The lowest BCUT2D eigenvalue weighted by atomic mass is 9.79. The molecule has 2 aromatic rings. The van der Waals surface area contributed by atoms with Crippen molar-refractivity contribution in [3.8, 4) is 5.75 Å². The van der Waals surface area contributed by atoms with Crippen LogP contribution in [0, 0.1) is 11.8 Å². The number of ether oxygens (including phenoxy) is 1. The number of pyridine rings is 1. The standard InChI is InChI=1S/C27H37FN2O3S/c1-33-21-5-9-26-24(17-21)23(11-13-29-26)25(28)8-3-19-12-15-30(14-2-16-34-22-6-7-22)18-20(19)4-10-27(31)32/h5,9,11,13,17,19-20,22,25H,2-4,6-8,10,12,14-16,18H2,1H3,(H,31,32)/t19?,20?,25-/m0/s1. The van der Waals surface area contributed by atoms with Gasteiger partial charge in [0.2, 0.25) is 0 Å². The van der Waals surface area contributed by atoms with E-state index in [1.54, 1.807) is 19.4 Å². The Labute approximate surface area is 206 Å². The maximum absolute atomic E-state index is 15.5. The average Bonchev–Trinajstić information content (AvgIpc) is 3.68. The number of hydrogen-bond acceptors (Lipinski definition) is 5. The molecule has 3 atom stereocenters. The van der Waals surface area contributed by atoms with Gasteiger partial charge in [0, 0.05) is 29.8 Å². The third kappa shape index (κ3) is 7.08. The Hall–Kier alpha value is -1.86. The second-order valence-corrected chi connectivity index (χ2v) is 11.2. The number of fused-ring (bicyclic) bond motifs is 1. The highest BCUT2D eigenvalue weighted by Crippen LogP contribution is 2.37. The summed E-state index contributed by atoms with van der Waals surface area (Å²) in [5.41, 5.74) is 1.44. The number of alkyl halides is 1. The number of piperidine rings is 1. The number of likely N-dealkylation sites (tertiary alicyclic amines) is 1. The summed E-state index contributed by atoms with van der Waals surface area (Å²) in [4.78, 5) is 18.1. The van der Waals surface area contributed by atoms with Crippen LogP contribution < -0.4 is 4.74 Å². The smallest absolute Gasteiger partial charge is 0.303 e. The Balaban J connectivity index is 1.34. The predicted molar refractivity (Wildman–Crippen MR) is 136 cm³/mol. The van der Waals surface area contributed by atoms with Crippen molar-refractivity contribution in [3.63, 3.8) is 0 Å². The van der Waals surface area contributed by atoms with Crippen molar-refractivity contribution in [2.45, 2.75) is 62.8 Å². The van der Waals surface area contributed by atoms with E-state index in [2.05, 4.69) is 21.6 Å².